The van der Waals surface area contributed by atoms with E-state index in [1.807, 2.05) is 0 Å². The molecule has 0 atom stereocenters. The Kier molecular flexibility index (Phi) is 4.75. The lowest BCUT2D eigenvalue weighted by atomic mass is 10.2. The molecule has 6 heteroatoms. The van der Waals surface area contributed by atoms with Gasteiger partial charge in [-0.15, -0.1) is 0 Å². The third-order valence-corrected chi connectivity index (χ3v) is 9.07. The molecule has 3 nitrogen and oxygen atoms in total. The summed E-state index contributed by atoms with van der Waals surface area (Å²) in [5.74, 6) is -0.743. The standard InChI is InChI=1S/C13H18BrClO3Si/c1-13(2,3)19(4,5)18-9-7-6-8(14)11(15)10(9)12(16)17/h6-7H,1-5H3,(H,16,17). The molecule has 106 valence electrons. The van der Waals surface area contributed by atoms with Crippen LogP contribution in [-0.4, -0.2) is 19.4 Å². The fourth-order valence-corrected chi connectivity index (χ4v) is 2.84. The Hall–Kier alpha value is -0.523. The zero-order chi connectivity index (χ0) is 15.0. The zero-order valence-corrected chi connectivity index (χ0v) is 15.0. The van der Waals surface area contributed by atoms with Crippen molar-refractivity contribution in [3.05, 3.63) is 27.2 Å². The fourth-order valence-electron chi connectivity index (χ4n) is 1.25. The van der Waals surface area contributed by atoms with Gasteiger partial charge in [-0.05, 0) is 46.2 Å². The van der Waals surface area contributed by atoms with Gasteiger partial charge in [0.2, 0.25) is 0 Å². The second kappa shape index (κ2) is 5.46. The van der Waals surface area contributed by atoms with Gasteiger partial charge in [-0.2, -0.15) is 0 Å². The Labute approximate surface area is 128 Å². The first kappa shape index (κ1) is 16.5. The van der Waals surface area contributed by atoms with Gasteiger partial charge >= 0.3 is 5.97 Å². The first-order chi connectivity index (χ1) is 8.47. The van der Waals surface area contributed by atoms with Gasteiger partial charge in [0.15, 0.2) is 0 Å². The summed E-state index contributed by atoms with van der Waals surface area (Å²) in [4.78, 5) is 11.4. The molecular formula is C13H18BrClO3Si. The molecular weight excluding hydrogens is 348 g/mol. The molecule has 0 aliphatic rings. The van der Waals surface area contributed by atoms with Crippen molar-refractivity contribution < 1.29 is 14.3 Å². The molecule has 0 fully saturated rings. The van der Waals surface area contributed by atoms with E-state index in [0.717, 1.165) is 0 Å². The molecule has 0 saturated heterocycles. The minimum atomic E-state index is -2.10. The predicted molar refractivity (Wildman–Crippen MR) is 83.9 cm³/mol. The summed E-state index contributed by atoms with van der Waals surface area (Å²) >= 11 is 9.27. The van der Waals surface area contributed by atoms with Crippen LogP contribution >= 0.6 is 27.5 Å². The topological polar surface area (TPSA) is 46.5 Å². The van der Waals surface area contributed by atoms with Gasteiger partial charge in [-0.3, -0.25) is 0 Å². The maximum absolute atomic E-state index is 11.4. The normalized spacial score (nSPS) is 12.4. The summed E-state index contributed by atoms with van der Waals surface area (Å²) in [6.45, 7) is 10.4. The van der Waals surface area contributed by atoms with Crippen molar-refractivity contribution in [3.8, 4) is 5.75 Å². The Balaban J connectivity index is 3.30. The lowest BCUT2D eigenvalue weighted by molar-refractivity contribution is 0.0695. The van der Waals surface area contributed by atoms with Crippen LogP contribution in [0.1, 0.15) is 31.1 Å². The van der Waals surface area contributed by atoms with Crippen LogP contribution in [0.3, 0.4) is 0 Å². The molecule has 0 radical (unpaired) electrons. The molecule has 0 saturated carbocycles. The number of carbonyl (C=O) groups is 1. The minimum absolute atomic E-state index is 0.0116. The van der Waals surface area contributed by atoms with E-state index >= 15 is 0 Å². The highest BCUT2D eigenvalue weighted by Gasteiger charge is 2.40. The molecule has 1 aromatic carbocycles. The lowest BCUT2D eigenvalue weighted by Crippen LogP contribution is -2.44. The number of hydrogen-bond donors (Lipinski definition) is 1. The summed E-state index contributed by atoms with van der Waals surface area (Å²) in [6, 6.07) is 3.36. The van der Waals surface area contributed by atoms with Gasteiger partial charge in [-0.25, -0.2) is 4.79 Å². The Bertz CT molecular complexity index is 509. The van der Waals surface area contributed by atoms with Gasteiger partial charge in [0, 0.05) is 4.47 Å². The number of aromatic carboxylic acids is 1. The van der Waals surface area contributed by atoms with Crippen molar-refractivity contribution in [2.24, 2.45) is 0 Å². The van der Waals surface area contributed by atoms with E-state index in [-0.39, 0.29) is 15.6 Å². The molecule has 0 aromatic heterocycles. The molecule has 0 aliphatic carbocycles. The van der Waals surface area contributed by atoms with Crippen LogP contribution in [0.5, 0.6) is 5.75 Å². The average molecular weight is 366 g/mol. The van der Waals surface area contributed by atoms with Crippen molar-refractivity contribution in [1.82, 2.24) is 0 Å². The maximum atomic E-state index is 11.4. The second-order valence-corrected chi connectivity index (χ2v) is 11.9. The Morgan fingerprint density at radius 3 is 2.32 bits per heavy atom. The predicted octanol–water partition coefficient (Wildman–Crippen LogP) is 5.18. The number of carboxylic acids is 1. The number of benzene rings is 1. The minimum Gasteiger partial charge on any atom is -0.543 e. The summed E-state index contributed by atoms with van der Waals surface area (Å²) in [6.07, 6.45) is 0. The molecule has 1 rings (SSSR count). The molecule has 0 bridgehead atoms. The second-order valence-electron chi connectivity index (χ2n) is 5.90. The van der Waals surface area contributed by atoms with Crippen LogP contribution in [0.2, 0.25) is 23.2 Å². The van der Waals surface area contributed by atoms with E-state index in [1.54, 1.807) is 12.1 Å². The number of rotatable bonds is 3. The van der Waals surface area contributed by atoms with Gasteiger partial charge in [0.25, 0.3) is 8.32 Å². The van der Waals surface area contributed by atoms with Gasteiger partial charge in [0.05, 0.1) is 5.02 Å². The van der Waals surface area contributed by atoms with Gasteiger partial charge < -0.3 is 9.53 Å². The van der Waals surface area contributed by atoms with Crippen LogP contribution < -0.4 is 4.43 Å². The van der Waals surface area contributed by atoms with Crippen molar-refractivity contribution in [1.29, 1.82) is 0 Å². The summed E-state index contributed by atoms with van der Waals surface area (Å²) in [5, 5.41) is 9.46. The van der Waals surface area contributed by atoms with E-state index < -0.39 is 14.3 Å². The number of halogens is 2. The third-order valence-electron chi connectivity index (χ3n) is 3.44. The molecule has 0 aliphatic heterocycles. The highest BCUT2D eigenvalue weighted by Crippen LogP contribution is 2.40. The van der Waals surface area contributed by atoms with Gasteiger partial charge in [0.1, 0.15) is 11.3 Å². The van der Waals surface area contributed by atoms with Crippen molar-refractivity contribution >= 4 is 41.8 Å². The van der Waals surface area contributed by atoms with Crippen LogP contribution in [-0.2, 0) is 0 Å². The van der Waals surface area contributed by atoms with Crippen molar-refractivity contribution in [3.63, 3.8) is 0 Å². The van der Waals surface area contributed by atoms with E-state index in [2.05, 4.69) is 49.8 Å². The quantitative estimate of drug-likeness (QED) is 0.750. The number of hydrogen-bond acceptors (Lipinski definition) is 2. The van der Waals surface area contributed by atoms with E-state index in [0.29, 0.717) is 10.2 Å². The monoisotopic (exact) mass is 364 g/mol. The van der Waals surface area contributed by atoms with Crippen LogP contribution in [0.15, 0.2) is 16.6 Å². The average Bonchev–Trinajstić information content (AvgIpc) is 2.21. The first-order valence-electron chi connectivity index (χ1n) is 5.87. The molecule has 0 spiro atoms. The SMILES string of the molecule is CC(C)(C)[Si](C)(C)Oc1ccc(Br)c(Cl)c1C(=O)O. The van der Waals surface area contributed by atoms with Crippen molar-refractivity contribution in [2.45, 2.75) is 38.9 Å². The van der Waals surface area contributed by atoms with E-state index in [9.17, 15) is 9.90 Å². The smallest absolute Gasteiger partial charge is 0.341 e. The van der Waals surface area contributed by atoms with E-state index in [1.165, 1.54) is 0 Å². The molecule has 1 N–H and O–H groups in total. The van der Waals surface area contributed by atoms with Crippen LogP contribution in [0.4, 0.5) is 0 Å². The Morgan fingerprint density at radius 2 is 1.89 bits per heavy atom. The summed E-state index contributed by atoms with van der Waals surface area (Å²) < 4.78 is 6.60. The number of carboxylic acid groups (broad SMARTS) is 1. The lowest BCUT2D eigenvalue weighted by Gasteiger charge is -2.36. The molecule has 0 heterocycles. The first-order valence-corrected chi connectivity index (χ1v) is 9.95. The summed E-state index contributed by atoms with van der Waals surface area (Å²) in [7, 11) is -2.10. The molecule has 1 aromatic rings. The highest BCUT2D eigenvalue weighted by atomic mass is 79.9. The van der Waals surface area contributed by atoms with Crippen LogP contribution in [0.25, 0.3) is 0 Å². The van der Waals surface area contributed by atoms with E-state index in [4.69, 9.17) is 16.0 Å². The van der Waals surface area contributed by atoms with Crippen LogP contribution in [0, 0.1) is 0 Å². The highest BCUT2D eigenvalue weighted by molar-refractivity contribution is 9.10. The largest absolute Gasteiger partial charge is 0.543 e. The maximum Gasteiger partial charge on any atom is 0.341 e. The zero-order valence-electron chi connectivity index (χ0n) is 11.7. The fraction of sp³-hybridized carbons (Fsp3) is 0.462. The Morgan fingerprint density at radius 1 is 1.37 bits per heavy atom. The summed E-state index contributed by atoms with van der Waals surface area (Å²) in [5.41, 5.74) is 0.0147. The van der Waals surface area contributed by atoms with Crippen molar-refractivity contribution in [2.75, 3.05) is 0 Å². The molecule has 19 heavy (non-hydrogen) atoms. The van der Waals surface area contributed by atoms with Gasteiger partial charge in [-0.1, -0.05) is 32.4 Å². The molecule has 0 unspecified atom stereocenters. The molecule has 0 amide bonds. The third kappa shape index (κ3) is 3.52.